The molecule has 3 aliphatic rings. The molecule has 0 spiro atoms. The van der Waals surface area contributed by atoms with E-state index in [9.17, 15) is 4.79 Å². The Hall–Kier alpha value is -4.07. The highest BCUT2D eigenvalue weighted by Gasteiger charge is 2.51. The van der Waals surface area contributed by atoms with E-state index in [1.165, 1.54) is 6.07 Å². The lowest BCUT2D eigenvalue weighted by atomic mass is 9.79. The van der Waals surface area contributed by atoms with Crippen molar-refractivity contribution in [1.82, 2.24) is 0 Å². The Kier molecular flexibility index (Phi) is 6.67. The van der Waals surface area contributed by atoms with Crippen LogP contribution in [0.4, 0.5) is 0 Å². The third kappa shape index (κ3) is 5.00. The molecule has 0 atom stereocenters. The molecule has 6 nitrogen and oxygen atoms in total. The first-order chi connectivity index (χ1) is 19.5. The summed E-state index contributed by atoms with van der Waals surface area (Å²) in [6, 6.07) is 24.9. The van der Waals surface area contributed by atoms with Crippen LogP contribution in [0.3, 0.4) is 0 Å². The first kappa shape index (κ1) is 27.1. The summed E-state index contributed by atoms with van der Waals surface area (Å²) in [7, 11) is 1.26. The summed E-state index contributed by atoms with van der Waals surface area (Å²) in [5.74, 6) is 2.00. The van der Waals surface area contributed by atoms with Crippen LogP contribution in [0.15, 0.2) is 88.1 Å². The fourth-order valence-electron chi connectivity index (χ4n) is 5.19. The number of ether oxygens (including phenoxy) is 2. The van der Waals surface area contributed by atoms with Gasteiger partial charge in [0.1, 0.15) is 29.4 Å². The summed E-state index contributed by atoms with van der Waals surface area (Å²) in [6.45, 7) is 10.6. The lowest BCUT2D eigenvalue weighted by Crippen LogP contribution is -2.41. The van der Waals surface area contributed by atoms with Crippen molar-refractivity contribution in [3.8, 4) is 33.9 Å². The first-order valence-corrected chi connectivity index (χ1v) is 13.8. The van der Waals surface area contributed by atoms with Crippen LogP contribution in [-0.4, -0.2) is 25.4 Å². The normalized spacial score (nSPS) is 15.9. The largest absolute Gasteiger partial charge is 0.497 e. The van der Waals surface area contributed by atoms with Gasteiger partial charge in [-0.15, -0.1) is 0 Å². The Labute approximate surface area is 240 Å². The maximum absolute atomic E-state index is 12.2. The average Bonchev–Trinajstić information content (AvgIpc) is 3.17. The number of benzene rings is 4. The molecule has 1 saturated heterocycles. The number of hydrogen-bond acceptors (Lipinski definition) is 6. The number of rotatable bonds is 6. The van der Waals surface area contributed by atoms with Gasteiger partial charge in [-0.3, -0.25) is 4.79 Å². The van der Waals surface area contributed by atoms with E-state index < -0.39 is 7.12 Å². The van der Waals surface area contributed by atoms with Crippen LogP contribution < -0.4 is 20.4 Å². The van der Waals surface area contributed by atoms with Gasteiger partial charge in [0.2, 0.25) is 0 Å². The predicted octanol–water partition coefficient (Wildman–Crippen LogP) is 6.76. The highest BCUT2D eigenvalue weighted by Crippen LogP contribution is 2.42. The van der Waals surface area contributed by atoms with Crippen LogP contribution >= 0.6 is 0 Å². The molecule has 0 bridgehead atoms. The fraction of sp³-hybridized carbons (Fsp3) is 0.265. The zero-order chi connectivity index (χ0) is 28.9. The Bertz CT molecular complexity index is 1750. The minimum Gasteiger partial charge on any atom is -0.497 e. The Morgan fingerprint density at radius 3 is 2.15 bits per heavy atom. The van der Waals surface area contributed by atoms with E-state index >= 15 is 0 Å². The first-order valence-electron chi connectivity index (χ1n) is 13.8. The minimum atomic E-state index is -0.398. The second kappa shape index (κ2) is 10.1. The number of hydrogen-bond donors (Lipinski definition) is 0. The van der Waals surface area contributed by atoms with Gasteiger partial charge >= 0.3 is 7.12 Å². The highest BCUT2D eigenvalue weighted by molar-refractivity contribution is 6.62. The summed E-state index contributed by atoms with van der Waals surface area (Å²) in [5.41, 5.74) is 5.76. The van der Waals surface area contributed by atoms with Crippen molar-refractivity contribution in [3.05, 3.63) is 100 Å². The summed E-state index contributed by atoms with van der Waals surface area (Å²) in [5, 5.41) is 0.934. The van der Waals surface area contributed by atoms with Crippen molar-refractivity contribution in [2.75, 3.05) is 7.11 Å². The third-order valence-electron chi connectivity index (χ3n) is 8.28. The SMILES string of the molecule is COc1ccc(-c2c3ccc(=O)cc-3oc3cc(OCc4ccc(B5OC(C)(C)C(C)(C)O5)cc4)ccc23)c(C)c1. The molecule has 3 aromatic carbocycles. The second-order valence-electron chi connectivity index (χ2n) is 11.6. The van der Waals surface area contributed by atoms with E-state index in [0.717, 1.165) is 44.4 Å². The number of aryl methyl sites for hydroxylation is 1. The average molecular weight is 548 g/mol. The number of fused-ring (bicyclic) bond motifs is 2. The quantitative estimate of drug-likeness (QED) is 0.173. The molecular weight excluding hydrogens is 515 g/mol. The monoisotopic (exact) mass is 548 g/mol. The summed E-state index contributed by atoms with van der Waals surface area (Å²) in [4.78, 5) is 12.2. The molecule has 2 heterocycles. The third-order valence-corrected chi connectivity index (χ3v) is 8.28. The van der Waals surface area contributed by atoms with Gasteiger partial charge < -0.3 is 23.2 Å². The smallest absolute Gasteiger partial charge is 0.494 e. The van der Waals surface area contributed by atoms with Gasteiger partial charge in [-0.05, 0) is 93.2 Å². The lowest BCUT2D eigenvalue weighted by molar-refractivity contribution is 0.00578. The molecule has 3 aromatic rings. The van der Waals surface area contributed by atoms with Crippen molar-refractivity contribution in [2.24, 2.45) is 0 Å². The molecule has 0 saturated carbocycles. The van der Waals surface area contributed by atoms with Gasteiger partial charge in [0.15, 0.2) is 5.43 Å². The van der Waals surface area contributed by atoms with Crippen LogP contribution in [0.5, 0.6) is 11.5 Å². The molecule has 0 unspecified atom stereocenters. The molecule has 7 heteroatoms. The van der Waals surface area contributed by atoms with Crippen LogP contribution in [0.25, 0.3) is 33.4 Å². The molecule has 2 aliphatic heterocycles. The Morgan fingerprint density at radius 2 is 1.46 bits per heavy atom. The molecule has 208 valence electrons. The zero-order valence-corrected chi connectivity index (χ0v) is 24.2. The van der Waals surface area contributed by atoms with Crippen molar-refractivity contribution in [1.29, 1.82) is 0 Å². The van der Waals surface area contributed by atoms with E-state index in [2.05, 4.69) is 34.6 Å². The minimum absolute atomic E-state index is 0.102. The van der Waals surface area contributed by atoms with E-state index in [-0.39, 0.29) is 16.6 Å². The second-order valence-corrected chi connectivity index (χ2v) is 11.6. The van der Waals surface area contributed by atoms with Gasteiger partial charge in [-0.2, -0.15) is 0 Å². The summed E-state index contributed by atoms with van der Waals surface area (Å²) >= 11 is 0. The van der Waals surface area contributed by atoms with Crippen LogP contribution in [0.2, 0.25) is 0 Å². The fourth-order valence-corrected chi connectivity index (χ4v) is 5.19. The van der Waals surface area contributed by atoms with E-state index in [4.69, 9.17) is 23.2 Å². The van der Waals surface area contributed by atoms with Gasteiger partial charge in [-0.25, -0.2) is 0 Å². The standard InChI is InChI=1S/C34H33BO6/c1-21-17-25(37-6)12-15-27(21)32-28-14-11-24(36)18-30(28)39-31-19-26(13-16-29(31)32)38-20-22-7-9-23(10-8-22)35-40-33(2,3)34(4,5)41-35/h7-19H,20H2,1-6H3. The zero-order valence-electron chi connectivity index (χ0n) is 24.2. The summed E-state index contributed by atoms with van der Waals surface area (Å²) in [6.07, 6.45) is 0. The van der Waals surface area contributed by atoms with Crippen LogP contribution in [-0.2, 0) is 15.9 Å². The molecule has 0 N–H and O–H groups in total. The topological polar surface area (TPSA) is 67.1 Å². The molecule has 1 aliphatic carbocycles. The number of methoxy groups -OCH3 is 1. The van der Waals surface area contributed by atoms with Crippen LogP contribution in [0, 0.1) is 6.92 Å². The van der Waals surface area contributed by atoms with Crippen molar-refractivity contribution in [2.45, 2.75) is 52.4 Å². The predicted molar refractivity (Wildman–Crippen MR) is 162 cm³/mol. The molecule has 0 radical (unpaired) electrons. The molecule has 41 heavy (non-hydrogen) atoms. The maximum atomic E-state index is 12.2. The highest BCUT2D eigenvalue weighted by atomic mass is 16.7. The van der Waals surface area contributed by atoms with Crippen molar-refractivity contribution < 1.29 is 23.2 Å². The van der Waals surface area contributed by atoms with E-state index in [1.54, 1.807) is 13.2 Å². The molecule has 1 fully saturated rings. The molecular formula is C34H33BO6. The van der Waals surface area contributed by atoms with Gasteiger partial charge in [0, 0.05) is 28.6 Å². The van der Waals surface area contributed by atoms with Crippen molar-refractivity contribution in [3.63, 3.8) is 0 Å². The van der Waals surface area contributed by atoms with Crippen LogP contribution in [0.1, 0.15) is 38.8 Å². The van der Waals surface area contributed by atoms with Gasteiger partial charge in [0.05, 0.1) is 18.3 Å². The molecule has 6 rings (SSSR count). The van der Waals surface area contributed by atoms with Gasteiger partial charge in [0.25, 0.3) is 0 Å². The molecule has 0 aromatic heterocycles. The molecule has 0 amide bonds. The Balaban J connectivity index is 1.29. The van der Waals surface area contributed by atoms with Gasteiger partial charge in [-0.1, -0.05) is 30.3 Å². The van der Waals surface area contributed by atoms with Crippen molar-refractivity contribution >= 4 is 23.6 Å². The van der Waals surface area contributed by atoms with E-state index in [1.807, 2.05) is 66.7 Å². The maximum Gasteiger partial charge on any atom is 0.494 e. The Morgan fingerprint density at radius 1 is 0.780 bits per heavy atom. The van der Waals surface area contributed by atoms with E-state index in [0.29, 0.717) is 23.7 Å². The summed E-state index contributed by atoms with van der Waals surface area (Å²) < 4.78 is 30.2. The lowest BCUT2D eigenvalue weighted by Gasteiger charge is -2.32.